The van der Waals surface area contributed by atoms with Gasteiger partial charge in [-0.3, -0.25) is 37.3 Å². The average Bonchev–Trinajstić information content (AvgIpc) is 1.11. The van der Waals surface area contributed by atoms with E-state index in [1.54, 1.807) is 0 Å². The van der Waals surface area contributed by atoms with Crippen LogP contribution in [0.25, 0.3) is 0 Å². The molecule has 3 N–H and O–H groups in total. The van der Waals surface area contributed by atoms with Gasteiger partial charge in [-0.05, 0) is 31.6 Å². The summed E-state index contributed by atoms with van der Waals surface area (Å²) in [5.74, 6) is -1.38. The Bertz CT molecular complexity index is 1880. The van der Waals surface area contributed by atoms with E-state index in [2.05, 4.69) is 34.6 Å². The highest BCUT2D eigenvalue weighted by Crippen LogP contribution is 2.45. The number of carbonyl (C=O) groups is 4. The Kier molecular flexibility index (Phi) is 70.6. The lowest BCUT2D eigenvalue weighted by Gasteiger charge is -2.21. The first kappa shape index (κ1) is 96.1. The van der Waals surface area contributed by atoms with E-state index in [-0.39, 0.29) is 25.7 Å². The molecular weight excluding hydrogens is 1280 g/mol. The van der Waals surface area contributed by atoms with E-state index in [9.17, 15) is 43.2 Å². The maximum absolute atomic E-state index is 13.1. The number of rotatable bonds is 79. The SMILES string of the molecule is CCCCCCCCCCCCCCCCCCCCCCCCC(=O)O[C@H](COC(=O)CCCCCCCCCCCCCCCCC)COP(=O)(O)OC[C@@H](O)COP(=O)(O)OC[C@@H](COC(=O)CCCCCCCCC(C)CC)OC(=O)CCCCCCCCCCCCC. The highest BCUT2D eigenvalue weighted by Gasteiger charge is 2.30. The maximum atomic E-state index is 13.1. The lowest BCUT2D eigenvalue weighted by molar-refractivity contribution is -0.161. The summed E-state index contributed by atoms with van der Waals surface area (Å²) in [6, 6.07) is 0. The van der Waals surface area contributed by atoms with Crippen LogP contribution in [-0.2, 0) is 65.4 Å². The minimum atomic E-state index is -4.96. The zero-order valence-corrected chi connectivity index (χ0v) is 65.7. The van der Waals surface area contributed by atoms with Gasteiger partial charge < -0.3 is 33.8 Å². The van der Waals surface area contributed by atoms with Crippen molar-refractivity contribution in [1.29, 1.82) is 0 Å². The van der Waals surface area contributed by atoms with Crippen LogP contribution in [0.3, 0.4) is 0 Å². The molecule has 0 heterocycles. The van der Waals surface area contributed by atoms with Gasteiger partial charge >= 0.3 is 39.5 Å². The number of hydrogen-bond donors (Lipinski definition) is 3. The molecule has 0 aliphatic heterocycles. The Morgan fingerprint density at radius 2 is 0.490 bits per heavy atom. The Hall–Kier alpha value is -1.94. The van der Waals surface area contributed by atoms with Crippen LogP contribution in [0.5, 0.6) is 0 Å². The van der Waals surface area contributed by atoms with Crippen molar-refractivity contribution in [2.24, 2.45) is 5.92 Å². The number of esters is 4. The lowest BCUT2D eigenvalue weighted by atomic mass is 10.00. The van der Waals surface area contributed by atoms with Gasteiger partial charge in [-0.2, -0.15) is 0 Å². The number of aliphatic hydroxyl groups excluding tert-OH is 1. The van der Waals surface area contributed by atoms with Crippen molar-refractivity contribution < 1.29 is 80.2 Å². The highest BCUT2D eigenvalue weighted by atomic mass is 31.2. The third-order valence-corrected chi connectivity index (χ3v) is 20.8. The molecule has 6 atom stereocenters. The smallest absolute Gasteiger partial charge is 0.462 e. The standard InChI is InChI=1S/C79H154O17P2/c1-6-10-13-16-19-22-25-27-29-30-31-32-33-34-35-37-39-42-45-48-55-60-65-79(84)95-74(68-89-76(81)62-57-52-46-43-41-38-36-28-26-23-20-17-14-11-7-2)70-93-97(85,86)91-66-73(80)67-92-98(87,88)94-71-75(69-90-77(82)63-58-53-50-49-51-56-61-72(5)9-4)96-78(83)64-59-54-47-44-40-24-21-18-15-12-8-3/h72-75,80H,6-71H2,1-5H3,(H,85,86)(H,87,88)/t72?,73-,74-,75-/m1/s1. The van der Waals surface area contributed by atoms with Crippen LogP contribution < -0.4 is 0 Å². The van der Waals surface area contributed by atoms with Gasteiger partial charge in [-0.15, -0.1) is 0 Å². The number of phosphoric ester groups is 2. The fourth-order valence-electron chi connectivity index (χ4n) is 12.2. The molecule has 582 valence electrons. The average molecular weight is 1440 g/mol. The molecule has 0 fully saturated rings. The van der Waals surface area contributed by atoms with Crippen LogP contribution in [0.1, 0.15) is 420 Å². The summed E-state index contributed by atoms with van der Waals surface area (Å²) in [5, 5.41) is 10.6. The third-order valence-electron chi connectivity index (χ3n) is 18.9. The van der Waals surface area contributed by atoms with E-state index >= 15 is 0 Å². The first-order valence-corrected chi connectivity index (χ1v) is 44.2. The number of phosphoric acid groups is 2. The molecule has 0 aliphatic carbocycles. The van der Waals surface area contributed by atoms with Crippen LogP contribution in [0, 0.1) is 5.92 Å². The highest BCUT2D eigenvalue weighted by molar-refractivity contribution is 7.47. The number of ether oxygens (including phenoxy) is 4. The molecule has 0 radical (unpaired) electrons. The number of unbranched alkanes of at least 4 members (excludes halogenated alkanes) is 50. The van der Waals surface area contributed by atoms with Gasteiger partial charge in [0.15, 0.2) is 12.2 Å². The Morgan fingerprint density at radius 3 is 0.724 bits per heavy atom. The quantitative estimate of drug-likeness (QED) is 0.0222. The summed E-state index contributed by atoms with van der Waals surface area (Å²) in [6.07, 6.45) is 62.6. The summed E-state index contributed by atoms with van der Waals surface area (Å²) in [4.78, 5) is 72.9. The van der Waals surface area contributed by atoms with E-state index < -0.39 is 97.5 Å². The molecule has 0 saturated carbocycles. The third kappa shape index (κ3) is 71.1. The molecule has 0 aromatic rings. The van der Waals surface area contributed by atoms with Crippen molar-refractivity contribution in [3.63, 3.8) is 0 Å². The largest absolute Gasteiger partial charge is 0.472 e. The number of hydrogen-bond acceptors (Lipinski definition) is 15. The first-order valence-electron chi connectivity index (χ1n) is 41.2. The van der Waals surface area contributed by atoms with E-state index in [4.69, 9.17) is 37.0 Å². The molecule has 0 bridgehead atoms. The van der Waals surface area contributed by atoms with Gasteiger partial charge in [-0.1, -0.05) is 369 Å². The zero-order chi connectivity index (χ0) is 71.9. The van der Waals surface area contributed by atoms with Crippen molar-refractivity contribution >= 4 is 39.5 Å². The summed E-state index contributed by atoms with van der Waals surface area (Å²) < 4.78 is 68.6. The summed E-state index contributed by atoms with van der Waals surface area (Å²) in [6.45, 7) is 7.26. The van der Waals surface area contributed by atoms with Gasteiger partial charge in [0.2, 0.25) is 0 Å². The minimum Gasteiger partial charge on any atom is -0.462 e. The van der Waals surface area contributed by atoms with E-state index in [1.807, 2.05) is 0 Å². The molecule has 19 heteroatoms. The molecule has 0 spiro atoms. The van der Waals surface area contributed by atoms with Crippen LogP contribution in [0.2, 0.25) is 0 Å². The second-order valence-corrected chi connectivity index (χ2v) is 31.6. The summed E-state index contributed by atoms with van der Waals surface area (Å²) in [5.41, 5.74) is 0. The molecule has 0 aromatic carbocycles. The lowest BCUT2D eigenvalue weighted by Crippen LogP contribution is -2.30. The van der Waals surface area contributed by atoms with Crippen LogP contribution in [-0.4, -0.2) is 96.7 Å². The van der Waals surface area contributed by atoms with Crippen molar-refractivity contribution in [3.8, 4) is 0 Å². The minimum absolute atomic E-state index is 0.106. The molecule has 0 aliphatic rings. The zero-order valence-electron chi connectivity index (χ0n) is 63.9. The van der Waals surface area contributed by atoms with Gasteiger partial charge in [0, 0.05) is 25.7 Å². The normalized spacial score (nSPS) is 14.2. The molecule has 0 saturated heterocycles. The van der Waals surface area contributed by atoms with Crippen molar-refractivity contribution in [3.05, 3.63) is 0 Å². The maximum Gasteiger partial charge on any atom is 0.472 e. The molecule has 17 nitrogen and oxygen atoms in total. The Balaban J connectivity index is 5.19. The monoisotopic (exact) mass is 1440 g/mol. The second-order valence-electron chi connectivity index (χ2n) is 28.7. The van der Waals surface area contributed by atoms with Crippen LogP contribution in [0.15, 0.2) is 0 Å². The fraction of sp³-hybridized carbons (Fsp3) is 0.949. The molecule has 0 rings (SSSR count). The van der Waals surface area contributed by atoms with Crippen LogP contribution in [0.4, 0.5) is 0 Å². The predicted octanol–water partition coefficient (Wildman–Crippen LogP) is 23.6. The second kappa shape index (κ2) is 72.0. The first-order chi connectivity index (χ1) is 47.6. The van der Waals surface area contributed by atoms with Gasteiger partial charge in [0.05, 0.1) is 26.4 Å². The summed E-state index contributed by atoms with van der Waals surface area (Å²) in [7, 11) is -9.91. The molecule has 98 heavy (non-hydrogen) atoms. The molecular formula is C79H154O17P2. The van der Waals surface area contributed by atoms with Crippen molar-refractivity contribution in [2.45, 2.75) is 438 Å². The summed E-state index contributed by atoms with van der Waals surface area (Å²) >= 11 is 0. The fourth-order valence-corrected chi connectivity index (χ4v) is 13.8. The number of carbonyl (C=O) groups excluding carboxylic acids is 4. The predicted molar refractivity (Wildman–Crippen MR) is 400 cm³/mol. The van der Waals surface area contributed by atoms with Crippen molar-refractivity contribution in [1.82, 2.24) is 0 Å². The Labute approximate surface area is 600 Å². The van der Waals surface area contributed by atoms with Crippen LogP contribution >= 0.6 is 15.6 Å². The molecule has 3 unspecified atom stereocenters. The molecule has 0 amide bonds. The number of aliphatic hydroxyl groups is 1. The van der Waals surface area contributed by atoms with Gasteiger partial charge in [0.1, 0.15) is 19.3 Å². The van der Waals surface area contributed by atoms with Crippen molar-refractivity contribution in [2.75, 3.05) is 39.6 Å². The van der Waals surface area contributed by atoms with E-state index in [1.165, 1.54) is 238 Å². The van der Waals surface area contributed by atoms with Gasteiger partial charge in [0.25, 0.3) is 0 Å². The Morgan fingerprint density at radius 1 is 0.286 bits per heavy atom. The van der Waals surface area contributed by atoms with E-state index in [0.717, 1.165) is 102 Å². The molecule has 0 aromatic heterocycles. The topological polar surface area (TPSA) is 237 Å². The van der Waals surface area contributed by atoms with E-state index in [0.29, 0.717) is 25.7 Å². The van der Waals surface area contributed by atoms with Gasteiger partial charge in [-0.25, -0.2) is 9.13 Å².